The maximum absolute atomic E-state index is 12.7. The van der Waals surface area contributed by atoms with Crippen LogP contribution in [-0.2, 0) is 11.3 Å². The first-order chi connectivity index (χ1) is 12.3. The monoisotopic (exact) mass is 339 g/mol. The molecule has 1 aromatic carbocycles. The summed E-state index contributed by atoms with van der Waals surface area (Å²) in [6, 6.07) is 10.9. The molecular formula is C19H25N5O. The Kier molecular flexibility index (Phi) is 4.78. The van der Waals surface area contributed by atoms with E-state index in [2.05, 4.69) is 32.4 Å². The molecular weight excluding hydrogens is 314 g/mol. The lowest BCUT2D eigenvalue weighted by atomic mass is 10.0. The normalized spacial score (nSPS) is 22.0. The Labute approximate surface area is 148 Å². The van der Waals surface area contributed by atoms with E-state index in [1.54, 1.807) is 12.7 Å². The molecule has 2 aliphatic rings. The number of amides is 1. The van der Waals surface area contributed by atoms with Gasteiger partial charge < -0.3 is 5.32 Å². The zero-order valence-corrected chi connectivity index (χ0v) is 14.4. The van der Waals surface area contributed by atoms with Gasteiger partial charge >= 0.3 is 0 Å². The molecule has 1 N–H and O–H groups in total. The Morgan fingerprint density at radius 1 is 1.24 bits per heavy atom. The highest BCUT2D eigenvalue weighted by atomic mass is 16.2. The van der Waals surface area contributed by atoms with E-state index in [0.717, 1.165) is 25.9 Å². The molecule has 2 fully saturated rings. The van der Waals surface area contributed by atoms with Crippen LogP contribution in [0, 0.1) is 5.92 Å². The predicted octanol–water partition coefficient (Wildman–Crippen LogP) is 2.01. The van der Waals surface area contributed by atoms with Crippen molar-refractivity contribution in [2.45, 2.75) is 44.3 Å². The fourth-order valence-electron chi connectivity index (χ4n) is 3.82. The van der Waals surface area contributed by atoms with E-state index in [1.807, 2.05) is 22.9 Å². The van der Waals surface area contributed by atoms with Crippen molar-refractivity contribution < 1.29 is 4.79 Å². The molecule has 2 heterocycles. The van der Waals surface area contributed by atoms with E-state index in [4.69, 9.17) is 0 Å². The zero-order chi connectivity index (χ0) is 17.1. The third kappa shape index (κ3) is 4.07. The molecule has 6 nitrogen and oxygen atoms in total. The minimum absolute atomic E-state index is 0.131. The minimum Gasteiger partial charge on any atom is -0.348 e. The number of rotatable bonds is 7. The van der Waals surface area contributed by atoms with Gasteiger partial charge in [-0.05, 0) is 43.7 Å². The third-order valence-electron chi connectivity index (χ3n) is 5.28. The topological polar surface area (TPSA) is 63.1 Å². The van der Waals surface area contributed by atoms with Crippen molar-refractivity contribution in [1.82, 2.24) is 25.0 Å². The summed E-state index contributed by atoms with van der Waals surface area (Å²) in [6.07, 6.45) is 7.97. The van der Waals surface area contributed by atoms with Crippen LogP contribution >= 0.6 is 0 Å². The lowest BCUT2D eigenvalue weighted by molar-refractivity contribution is -0.123. The standard InChI is InChI=1S/C19H25N5O/c25-18(22-19(16-8-9-16)15-5-2-1-3-6-15)12-23-10-4-7-17(23)11-24-14-20-13-21-24/h1-3,5-6,13-14,16-17,19H,4,7-12H2,(H,22,25)/t17-,19+/m0/s1. The number of hydrogen-bond donors (Lipinski definition) is 1. The molecule has 1 saturated heterocycles. The molecule has 0 unspecified atom stereocenters. The van der Waals surface area contributed by atoms with Crippen molar-refractivity contribution in [1.29, 1.82) is 0 Å². The molecule has 0 radical (unpaired) electrons. The van der Waals surface area contributed by atoms with Crippen molar-refractivity contribution in [2.24, 2.45) is 5.92 Å². The van der Waals surface area contributed by atoms with Crippen molar-refractivity contribution >= 4 is 5.91 Å². The number of hydrogen-bond acceptors (Lipinski definition) is 4. The molecule has 1 aliphatic carbocycles. The van der Waals surface area contributed by atoms with Crippen LogP contribution in [0.25, 0.3) is 0 Å². The fourth-order valence-corrected chi connectivity index (χ4v) is 3.82. The van der Waals surface area contributed by atoms with Crippen molar-refractivity contribution in [2.75, 3.05) is 13.1 Å². The minimum atomic E-state index is 0.131. The van der Waals surface area contributed by atoms with Crippen LogP contribution in [0.1, 0.15) is 37.3 Å². The van der Waals surface area contributed by atoms with Crippen LogP contribution in [0.3, 0.4) is 0 Å². The summed E-state index contributed by atoms with van der Waals surface area (Å²) < 4.78 is 1.86. The first-order valence-corrected chi connectivity index (χ1v) is 9.20. The lowest BCUT2D eigenvalue weighted by Gasteiger charge is -2.25. The van der Waals surface area contributed by atoms with Crippen molar-refractivity contribution in [3.05, 3.63) is 48.5 Å². The number of likely N-dealkylation sites (tertiary alicyclic amines) is 1. The van der Waals surface area contributed by atoms with E-state index in [-0.39, 0.29) is 11.9 Å². The quantitative estimate of drug-likeness (QED) is 0.838. The molecule has 4 rings (SSSR count). The highest BCUT2D eigenvalue weighted by Gasteiger charge is 2.34. The SMILES string of the molecule is O=C(CN1CCC[C@H]1Cn1cncn1)N[C@H](c1ccccc1)C1CC1. The van der Waals surface area contributed by atoms with Gasteiger partial charge in [-0.3, -0.25) is 14.4 Å². The number of benzene rings is 1. The van der Waals surface area contributed by atoms with Gasteiger partial charge in [-0.15, -0.1) is 0 Å². The molecule has 2 atom stereocenters. The summed E-state index contributed by atoms with van der Waals surface area (Å²) in [7, 11) is 0. The van der Waals surface area contributed by atoms with Crippen LogP contribution in [0.4, 0.5) is 0 Å². The van der Waals surface area contributed by atoms with Crippen LogP contribution in [0.15, 0.2) is 43.0 Å². The maximum atomic E-state index is 12.7. The number of aromatic nitrogens is 3. The van der Waals surface area contributed by atoms with Gasteiger partial charge in [0, 0.05) is 6.04 Å². The average molecular weight is 339 g/mol. The molecule has 25 heavy (non-hydrogen) atoms. The highest BCUT2D eigenvalue weighted by Crippen LogP contribution is 2.40. The van der Waals surface area contributed by atoms with Crippen LogP contribution in [0.5, 0.6) is 0 Å². The third-order valence-corrected chi connectivity index (χ3v) is 5.28. The molecule has 1 aliphatic heterocycles. The second kappa shape index (κ2) is 7.35. The predicted molar refractivity (Wildman–Crippen MR) is 94.7 cm³/mol. The number of carbonyl (C=O) groups is 1. The summed E-state index contributed by atoms with van der Waals surface area (Å²) in [5.41, 5.74) is 1.22. The Bertz CT molecular complexity index is 683. The van der Waals surface area contributed by atoms with Crippen LogP contribution in [0.2, 0.25) is 0 Å². The zero-order valence-electron chi connectivity index (χ0n) is 14.4. The second-order valence-electron chi connectivity index (χ2n) is 7.18. The van der Waals surface area contributed by atoms with E-state index >= 15 is 0 Å². The summed E-state index contributed by atoms with van der Waals surface area (Å²) in [6.45, 7) is 2.25. The first kappa shape index (κ1) is 16.3. The van der Waals surface area contributed by atoms with Crippen molar-refractivity contribution in [3.8, 4) is 0 Å². The Hall–Kier alpha value is -2.21. The fraction of sp³-hybridized carbons (Fsp3) is 0.526. The maximum Gasteiger partial charge on any atom is 0.234 e. The molecule has 1 aromatic heterocycles. The smallest absolute Gasteiger partial charge is 0.234 e. The molecule has 0 spiro atoms. The molecule has 6 heteroatoms. The van der Waals surface area contributed by atoms with Gasteiger partial charge in [-0.2, -0.15) is 5.10 Å². The Morgan fingerprint density at radius 2 is 2.08 bits per heavy atom. The summed E-state index contributed by atoms with van der Waals surface area (Å²) >= 11 is 0. The van der Waals surface area contributed by atoms with Gasteiger partial charge in [0.25, 0.3) is 0 Å². The first-order valence-electron chi connectivity index (χ1n) is 9.20. The summed E-state index contributed by atoms with van der Waals surface area (Å²) in [5.74, 6) is 0.724. The van der Waals surface area contributed by atoms with Gasteiger partial charge in [-0.25, -0.2) is 4.98 Å². The average Bonchev–Trinajstić information content (AvgIpc) is 3.17. The summed E-state index contributed by atoms with van der Waals surface area (Å²) in [5, 5.41) is 7.48. The highest BCUT2D eigenvalue weighted by molar-refractivity contribution is 5.78. The molecule has 2 aromatic rings. The Morgan fingerprint density at radius 3 is 2.80 bits per heavy atom. The Balaban J connectivity index is 1.36. The van der Waals surface area contributed by atoms with Gasteiger partial charge in [0.1, 0.15) is 12.7 Å². The van der Waals surface area contributed by atoms with Gasteiger partial charge in [0.2, 0.25) is 5.91 Å². The van der Waals surface area contributed by atoms with E-state index in [1.165, 1.54) is 18.4 Å². The lowest BCUT2D eigenvalue weighted by Crippen LogP contribution is -2.42. The van der Waals surface area contributed by atoms with Crippen molar-refractivity contribution in [3.63, 3.8) is 0 Å². The largest absolute Gasteiger partial charge is 0.348 e. The van der Waals surface area contributed by atoms with E-state index in [9.17, 15) is 4.79 Å². The number of carbonyl (C=O) groups excluding carboxylic acids is 1. The number of nitrogens with zero attached hydrogens (tertiary/aromatic N) is 4. The van der Waals surface area contributed by atoms with Gasteiger partial charge in [0.15, 0.2) is 0 Å². The van der Waals surface area contributed by atoms with Gasteiger partial charge in [-0.1, -0.05) is 30.3 Å². The van der Waals surface area contributed by atoms with Crippen LogP contribution in [-0.4, -0.2) is 44.7 Å². The molecule has 0 bridgehead atoms. The van der Waals surface area contributed by atoms with Gasteiger partial charge in [0.05, 0.1) is 19.1 Å². The summed E-state index contributed by atoms with van der Waals surface area (Å²) in [4.78, 5) is 19.0. The molecule has 132 valence electrons. The second-order valence-corrected chi connectivity index (χ2v) is 7.18. The molecule has 1 saturated carbocycles. The van der Waals surface area contributed by atoms with E-state index in [0.29, 0.717) is 18.5 Å². The number of nitrogens with one attached hydrogen (secondary N) is 1. The van der Waals surface area contributed by atoms with Crippen LogP contribution < -0.4 is 5.32 Å². The molecule has 1 amide bonds. The van der Waals surface area contributed by atoms with E-state index < -0.39 is 0 Å².